The number of Topliss-reactive ketones (excluding diaryl/α,β-unsaturated/α-hetero) is 1. The van der Waals surface area contributed by atoms with E-state index in [1.807, 2.05) is 31.2 Å². The van der Waals surface area contributed by atoms with Gasteiger partial charge in [-0.1, -0.05) is 23.7 Å². The fraction of sp³-hybridized carbons (Fsp3) is 0.300. The number of thiophene rings is 1. The van der Waals surface area contributed by atoms with Crippen molar-refractivity contribution in [3.8, 4) is 5.00 Å². The molecule has 1 aliphatic rings. The first-order valence-corrected chi connectivity index (χ1v) is 9.92. The lowest BCUT2D eigenvalue weighted by Crippen LogP contribution is -2.09. The number of carbonyl (C=O) groups excluding carboxylic acids is 1. The van der Waals surface area contributed by atoms with Gasteiger partial charge in [0, 0.05) is 27.4 Å². The highest BCUT2D eigenvalue weighted by molar-refractivity contribution is 7.59. The van der Waals surface area contributed by atoms with Gasteiger partial charge in [-0.3, -0.25) is 14.4 Å². The van der Waals surface area contributed by atoms with Gasteiger partial charge in [0.05, 0.1) is 5.71 Å². The van der Waals surface area contributed by atoms with Gasteiger partial charge in [0.2, 0.25) is 0 Å². The van der Waals surface area contributed by atoms with Gasteiger partial charge in [-0.25, -0.2) is 0 Å². The molecule has 0 fully saturated rings. The summed E-state index contributed by atoms with van der Waals surface area (Å²) in [5.41, 5.74) is 4.12. The number of rotatable bonds is 3. The summed E-state index contributed by atoms with van der Waals surface area (Å²) in [6.45, 7) is 7.74. The van der Waals surface area contributed by atoms with E-state index >= 15 is 0 Å². The Bertz CT molecular complexity index is 1080. The number of fused-ring (bicyclic) bond motifs is 3. The van der Waals surface area contributed by atoms with Gasteiger partial charge in [-0.05, 0) is 45.4 Å². The smallest absolute Gasteiger partial charge is 0.163 e. The van der Waals surface area contributed by atoms with Crippen LogP contribution in [0.1, 0.15) is 52.6 Å². The quantitative estimate of drug-likeness (QED) is 0.591. The number of carbonyl (C=O) groups is 1. The molecule has 1 atom stereocenters. The Morgan fingerprint density at radius 2 is 1.86 bits per heavy atom. The van der Waals surface area contributed by atoms with Crippen molar-refractivity contribution in [3.63, 3.8) is 0 Å². The van der Waals surface area contributed by atoms with E-state index in [4.69, 9.17) is 16.6 Å². The molecule has 1 aromatic carbocycles. The van der Waals surface area contributed by atoms with Crippen LogP contribution in [0.15, 0.2) is 29.3 Å². The van der Waals surface area contributed by atoms with Crippen molar-refractivity contribution in [1.82, 2.24) is 14.8 Å². The molecular formula is C20H21ClN4OS2. The van der Waals surface area contributed by atoms with Gasteiger partial charge in [-0.15, -0.1) is 21.5 Å². The van der Waals surface area contributed by atoms with Crippen LogP contribution in [-0.4, -0.2) is 26.3 Å². The van der Waals surface area contributed by atoms with E-state index in [0.717, 1.165) is 27.7 Å². The molecule has 0 amide bonds. The van der Waals surface area contributed by atoms with E-state index in [1.165, 1.54) is 10.4 Å². The van der Waals surface area contributed by atoms with E-state index in [1.54, 1.807) is 18.3 Å². The molecule has 1 aliphatic heterocycles. The molecule has 0 aliphatic carbocycles. The summed E-state index contributed by atoms with van der Waals surface area (Å²) in [6, 6.07) is 7.31. The Balaban J connectivity index is 0.00000225. The number of hydrogen-bond acceptors (Lipinski definition) is 5. The van der Waals surface area contributed by atoms with E-state index in [0.29, 0.717) is 17.3 Å². The zero-order chi connectivity index (χ0) is 19.3. The topological polar surface area (TPSA) is 60.1 Å². The first kappa shape index (κ1) is 20.8. The van der Waals surface area contributed by atoms with Crippen LogP contribution in [0.2, 0.25) is 5.02 Å². The molecule has 0 N–H and O–H groups in total. The molecule has 8 heteroatoms. The molecule has 3 heterocycles. The van der Waals surface area contributed by atoms with Crippen molar-refractivity contribution in [2.45, 2.75) is 40.2 Å². The number of benzene rings is 1. The Hall–Kier alpha value is -1.96. The molecule has 3 aromatic rings. The molecule has 146 valence electrons. The minimum Gasteiger partial charge on any atom is -0.300 e. The zero-order valence-corrected chi connectivity index (χ0v) is 18.6. The van der Waals surface area contributed by atoms with Crippen LogP contribution in [0, 0.1) is 20.8 Å². The van der Waals surface area contributed by atoms with Crippen LogP contribution in [0.5, 0.6) is 0 Å². The van der Waals surface area contributed by atoms with Crippen molar-refractivity contribution in [2.75, 3.05) is 0 Å². The summed E-state index contributed by atoms with van der Waals surface area (Å²) in [7, 11) is 0. The number of nitrogens with zero attached hydrogens (tertiary/aromatic N) is 4. The van der Waals surface area contributed by atoms with Crippen LogP contribution in [-0.2, 0) is 4.79 Å². The van der Waals surface area contributed by atoms with Crippen LogP contribution in [0.25, 0.3) is 5.00 Å². The van der Waals surface area contributed by atoms with Crippen LogP contribution >= 0.6 is 36.4 Å². The largest absolute Gasteiger partial charge is 0.300 e. The molecule has 0 spiro atoms. The summed E-state index contributed by atoms with van der Waals surface area (Å²) in [6.07, 6.45) is 0.294. The molecule has 0 unspecified atom stereocenters. The number of aromatic nitrogens is 3. The van der Waals surface area contributed by atoms with Gasteiger partial charge < -0.3 is 0 Å². The lowest BCUT2D eigenvalue weighted by atomic mass is 9.99. The number of ketones is 1. The van der Waals surface area contributed by atoms with Crippen molar-refractivity contribution < 1.29 is 4.79 Å². The maximum Gasteiger partial charge on any atom is 0.163 e. The molecule has 0 bridgehead atoms. The predicted molar refractivity (Wildman–Crippen MR) is 119 cm³/mol. The summed E-state index contributed by atoms with van der Waals surface area (Å²) >= 11 is 7.79. The van der Waals surface area contributed by atoms with Crippen molar-refractivity contribution in [1.29, 1.82) is 0 Å². The Kier molecular flexibility index (Phi) is 5.79. The summed E-state index contributed by atoms with van der Waals surface area (Å²) < 4.78 is 2.06. The van der Waals surface area contributed by atoms with Crippen LogP contribution in [0.3, 0.4) is 0 Å². The third-order valence-electron chi connectivity index (χ3n) is 4.84. The molecule has 5 nitrogen and oxygen atoms in total. The number of halogens is 1. The second kappa shape index (κ2) is 7.81. The van der Waals surface area contributed by atoms with Gasteiger partial charge in [0.15, 0.2) is 5.82 Å². The predicted octanol–water partition coefficient (Wildman–Crippen LogP) is 4.89. The standard InChI is InChI=1S/C20H19ClN4OS.H2S/c1-10(26)9-16-19-24-23-13(4)25(19)20-17(11(2)12(3)27-20)18(22-16)14-5-7-15(21)8-6-14;/h5-8,16H,9H2,1-4H3;1H2/t16-;/m0./s1. The highest BCUT2D eigenvalue weighted by Crippen LogP contribution is 2.39. The van der Waals surface area contributed by atoms with Gasteiger partial charge >= 0.3 is 0 Å². The second-order valence-electron chi connectivity index (χ2n) is 6.81. The van der Waals surface area contributed by atoms with Crippen molar-refractivity contribution in [3.05, 3.63) is 62.5 Å². The highest BCUT2D eigenvalue weighted by atomic mass is 35.5. The third-order valence-corrected chi connectivity index (χ3v) is 6.28. The first-order chi connectivity index (χ1) is 12.9. The van der Waals surface area contributed by atoms with E-state index in [2.05, 4.69) is 28.6 Å². The van der Waals surface area contributed by atoms with Gasteiger partial charge in [-0.2, -0.15) is 13.5 Å². The minimum absolute atomic E-state index is 0. The summed E-state index contributed by atoms with van der Waals surface area (Å²) in [5, 5.41) is 10.4. The molecule has 2 aromatic heterocycles. The Morgan fingerprint density at radius 3 is 2.50 bits per heavy atom. The number of hydrogen-bond donors (Lipinski definition) is 0. The molecular weight excluding hydrogens is 412 g/mol. The zero-order valence-electron chi connectivity index (χ0n) is 16.1. The fourth-order valence-corrected chi connectivity index (χ4v) is 4.74. The number of aliphatic imine (C=N–C) groups is 1. The monoisotopic (exact) mass is 432 g/mol. The van der Waals surface area contributed by atoms with Crippen molar-refractivity contribution >= 4 is 47.9 Å². The molecule has 0 saturated carbocycles. The molecule has 28 heavy (non-hydrogen) atoms. The highest BCUT2D eigenvalue weighted by Gasteiger charge is 2.31. The third kappa shape index (κ3) is 3.43. The van der Waals surface area contributed by atoms with E-state index in [-0.39, 0.29) is 25.3 Å². The van der Waals surface area contributed by atoms with E-state index in [9.17, 15) is 4.79 Å². The average molecular weight is 433 g/mol. The number of aryl methyl sites for hydroxylation is 2. The Morgan fingerprint density at radius 1 is 1.18 bits per heavy atom. The van der Waals surface area contributed by atoms with Crippen molar-refractivity contribution in [2.24, 2.45) is 4.99 Å². The lowest BCUT2D eigenvalue weighted by Gasteiger charge is -2.11. The van der Waals surface area contributed by atoms with Gasteiger partial charge in [0.25, 0.3) is 0 Å². The SMILES string of the molecule is CC(=O)C[C@@H]1N=C(c2ccc(Cl)cc2)c2c(sc(C)c2C)-n2c(C)nnc21.S. The summed E-state index contributed by atoms with van der Waals surface area (Å²) in [5.74, 6) is 1.59. The minimum atomic E-state index is -0.367. The molecule has 0 saturated heterocycles. The maximum atomic E-state index is 11.9. The summed E-state index contributed by atoms with van der Waals surface area (Å²) in [4.78, 5) is 18.2. The maximum absolute atomic E-state index is 11.9. The Labute approximate surface area is 179 Å². The van der Waals surface area contributed by atoms with Gasteiger partial charge in [0.1, 0.15) is 22.7 Å². The average Bonchev–Trinajstić information content (AvgIpc) is 3.08. The second-order valence-corrected chi connectivity index (χ2v) is 8.45. The lowest BCUT2D eigenvalue weighted by molar-refractivity contribution is -0.117. The molecule has 4 rings (SSSR count). The fourth-order valence-electron chi connectivity index (χ4n) is 3.40. The van der Waals surface area contributed by atoms with Crippen LogP contribution < -0.4 is 0 Å². The molecule has 0 radical (unpaired) electrons. The normalized spacial score (nSPS) is 15.2. The first-order valence-electron chi connectivity index (χ1n) is 8.72. The van der Waals surface area contributed by atoms with E-state index < -0.39 is 0 Å². The van der Waals surface area contributed by atoms with Crippen LogP contribution in [0.4, 0.5) is 0 Å².